The predicted octanol–water partition coefficient (Wildman–Crippen LogP) is 1.36. The molecule has 0 amide bonds. The average molecular weight is 294 g/mol. The van der Waals surface area contributed by atoms with E-state index >= 15 is 0 Å². The van der Waals surface area contributed by atoms with E-state index in [0.29, 0.717) is 30.9 Å². The van der Waals surface area contributed by atoms with Gasteiger partial charge in [0.2, 0.25) is 10.0 Å². The lowest BCUT2D eigenvalue weighted by Crippen LogP contribution is -2.33. The Kier molecular flexibility index (Phi) is 4.76. The van der Waals surface area contributed by atoms with Gasteiger partial charge in [0.25, 0.3) is 0 Å². The quantitative estimate of drug-likeness (QED) is 0.822. The summed E-state index contributed by atoms with van der Waals surface area (Å²) in [5.41, 5.74) is 1.11. The van der Waals surface area contributed by atoms with Crippen LogP contribution in [0.1, 0.15) is 17.5 Å². The van der Waals surface area contributed by atoms with Crippen molar-refractivity contribution in [3.05, 3.63) is 35.4 Å². The van der Waals surface area contributed by atoms with Crippen molar-refractivity contribution in [3.8, 4) is 6.07 Å². The molecule has 20 heavy (non-hydrogen) atoms. The van der Waals surface area contributed by atoms with Crippen molar-refractivity contribution >= 4 is 10.0 Å². The van der Waals surface area contributed by atoms with Gasteiger partial charge in [0.05, 0.1) is 24.0 Å². The number of hydrogen-bond acceptors (Lipinski definition) is 4. The van der Waals surface area contributed by atoms with E-state index < -0.39 is 10.0 Å². The molecule has 0 aromatic heterocycles. The molecular weight excluding hydrogens is 276 g/mol. The van der Waals surface area contributed by atoms with Gasteiger partial charge in [-0.2, -0.15) is 5.26 Å². The van der Waals surface area contributed by atoms with Gasteiger partial charge in [0.15, 0.2) is 0 Å². The third kappa shape index (κ3) is 3.79. The van der Waals surface area contributed by atoms with Gasteiger partial charge < -0.3 is 4.74 Å². The minimum absolute atomic E-state index is 0.0768. The van der Waals surface area contributed by atoms with Crippen LogP contribution in [0.4, 0.5) is 0 Å². The molecule has 6 heteroatoms. The molecule has 0 saturated carbocycles. The molecule has 1 fully saturated rings. The number of sulfonamides is 1. The highest BCUT2D eigenvalue weighted by atomic mass is 32.2. The van der Waals surface area contributed by atoms with Crippen molar-refractivity contribution in [3.63, 3.8) is 0 Å². The Morgan fingerprint density at radius 3 is 2.95 bits per heavy atom. The van der Waals surface area contributed by atoms with Gasteiger partial charge in [-0.05, 0) is 30.0 Å². The summed E-state index contributed by atoms with van der Waals surface area (Å²) in [6, 6.07) is 8.72. The maximum Gasteiger partial charge on any atom is 0.218 e. The van der Waals surface area contributed by atoms with Crippen molar-refractivity contribution in [2.75, 3.05) is 26.8 Å². The van der Waals surface area contributed by atoms with E-state index in [4.69, 9.17) is 10.00 Å². The summed E-state index contributed by atoms with van der Waals surface area (Å²) in [5, 5.41) is 8.84. The first-order valence-electron chi connectivity index (χ1n) is 6.52. The van der Waals surface area contributed by atoms with Crippen molar-refractivity contribution in [2.45, 2.75) is 12.2 Å². The summed E-state index contributed by atoms with van der Waals surface area (Å²) < 4.78 is 31.2. The van der Waals surface area contributed by atoms with Crippen LogP contribution in [0.5, 0.6) is 0 Å². The van der Waals surface area contributed by atoms with Gasteiger partial charge >= 0.3 is 0 Å². The molecule has 1 aromatic rings. The van der Waals surface area contributed by atoms with Crippen LogP contribution in [0.3, 0.4) is 0 Å². The van der Waals surface area contributed by atoms with Crippen molar-refractivity contribution in [1.82, 2.24) is 4.31 Å². The fourth-order valence-corrected chi connectivity index (χ4v) is 3.52. The van der Waals surface area contributed by atoms with Crippen LogP contribution in [-0.2, 0) is 20.5 Å². The summed E-state index contributed by atoms with van der Waals surface area (Å²) in [6.45, 7) is 1.83. The molecule has 108 valence electrons. The van der Waals surface area contributed by atoms with Crippen LogP contribution in [0, 0.1) is 17.2 Å². The summed E-state index contributed by atoms with van der Waals surface area (Å²) in [4.78, 5) is 0. The number of nitriles is 1. The second-order valence-corrected chi connectivity index (χ2v) is 7.15. The Bertz CT molecular complexity index is 601. The molecule has 0 N–H and O–H groups in total. The summed E-state index contributed by atoms with van der Waals surface area (Å²) in [6.07, 6.45) is 0.907. The fraction of sp³-hybridized carbons (Fsp3) is 0.500. The number of nitrogens with zero attached hydrogens (tertiary/aromatic N) is 2. The highest BCUT2D eigenvalue weighted by Gasteiger charge is 2.24. The number of hydrogen-bond donors (Lipinski definition) is 0. The number of benzene rings is 1. The zero-order valence-corrected chi connectivity index (χ0v) is 12.3. The summed E-state index contributed by atoms with van der Waals surface area (Å²) in [5.74, 6) is 0.201. The highest BCUT2D eigenvalue weighted by molar-refractivity contribution is 7.88. The van der Waals surface area contributed by atoms with Crippen LogP contribution in [0.25, 0.3) is 0 Å². The van der Waals surface area contributed by atoms with E-state index in [1.54, 1.807) is 31.3 Å². The van der Waals surface area contributed by atoms with Crippen molar-refractivity contribution in [2.24, 2.45) is 5.92 Å². The Labute approximate surface area is 119 Å². The molecule has 5 nitrogen and oxygen atoms in total. The molecule has 0 bridgehead atoms. The van der Waals surface area contributed by atoms with E-state index in [0.717, 1.165) is 6.42 Å². The molecule has 0 unspecified atom stereocenters. The smallest absolute Gasteiger partial charge is 0.218 e. The van der Waals surface area contributed by atoms with Gasteiger partial charge in [0.1, 0.15) is 0 Å². The van der Waals surface area contributed by atoms with E-state index in [2.05, 4.69) is 0 Å². The summed E-state index contributed by atoms with van der Waals surface area (Å²) in [7, 11) is -1.76. The molecular formula is C14H18N2O3S. The molecule has 2 rings (SSSR count). The SMILES string of the molecule is CN(C[C@H]1CCOC1)S(=O)(=O)Cc1cccc(C#N)c1. The molecule has 0 radical (unpaired) electrons. The molecule has 0 aliphatic carbocycles. The van der Waals surface area contributed by atoms with Gasteiger partial charge in [-0.1, -0.05) is 12.1 Å². The van der Waals surface area contributed by atoms with Gasteiger partial charge in [-0.3, -0.25) is 0 Å². The highest BCUT2D eigenvalue weighted by Crippen LogP contribution is 2.17. The van der Waals surface area contributed by atoms with Crippen LogP contribution >= 0.6 is 0 Å². The molecule has 1 aliphatic heterocycles. The molecule has 1 atom stereocenters. The largest absolute Gasteiger partial charge is 0.381 e. The molecule has 1 aromatic carbocycles. The number of ether oxygens (including phenoxy) is 1. The molecule has 1 saturated heterocycles. The predicted molar refractivity (Wildman–Crippen MR) is 75.3 cm³/mol. The summed E-state index contributed by atoms with van der Waals surface area (Å²) >= 11 is 0. The first-order chi connectivity index (χ1) is 9.51. The lowest BCUT2D eigenvalue weighted by molar-refractivity contribution is 0.182. The van der Waals surface area contributed by atoms with E-state index in [-0.39, 0.29) is 11.7 Å². The standard InChI is InChI=1S/C14H18N2O3S/c1-16(9-14-5-6-19-10-14)20(17,18)11-13-4-2-3-12(7-13)8-15/h2-4,7,14H,5-6,9-11H2,1H3/t14-/m1/s1. The minimum Gasteiger partial charge on any atom is -0.381 e. The third-order valence-electron chi connectivity index (χ3n) is 3.42. The third-order valence-corrected chi connectivity index (χ3v) is 5.22. The molecule has 1 heterocycles. The van der Waals surface area contributed by atoms with E-state index in [1.165, 1.54) is 4.31 Å². The van der Waals surface area contributed by atoms with Crippen molar-refractivity contribution < 1.29 is 13.2 Å². The Morgan fingerprint density at radius 2 is 2.30 bits per heavy atom. The lowest BCUT2D eigenvalue weighted by atomic mass is 10.1. The normalized spacial score (nSPS) is 19.1. The van der Waals surface area contributed by atoms with E-state index in [9.17, 15) is 8.42 Å². The maximum absolute atomic E-state index is 12.3. The first kappa shape index (κ1) is 15.0. The van der Waals surface area contributed by atoms with Gasteiger partial charge in [-0.15, -0.1) is 0 Å². The topological polar surface area (TPSA) is 70.4 Å². The lowest BCUT2D eigenvalue weighted by Gasteiger charge is -2.20. The molecule has 0 spiro atoms. The van der Waals surface area contributed by atoms with Gasteiger partial charge in [-0.25, -0.2) is 12.7 Å². The Morgan fingerprint density at radius 1 is 1.50 bits per heavy atom. The fourth-order valence-electron chi connectivity index (χ4n) is 2.26. The van der Waals surface area contributed by atoms with Gasteiger partial charge in [0, 0.05) is 20.2 Å². The zero-order valence-electron chi connectivity index (χ0n) is 11.4. The first-order valence-corrected chi connectivity index (χ1v) is 8.13. The van der Waals surface area contributed by atoms with Crippen molar-refractivity contribution in [1.29, 1.82) is 5.26 Å². The van der Waals surface area contributed by atoms with E-state index in [1.807, 2.05) is 6.07 Å². The minimum atomic E-state index is -3.36. The number of rotatable bonds is 5. The maximum atomic E-state index is 12.3. The Balaban J connectivity index is 2.03. The van der Waals surface area contributed by atoms with Crippen LogP contribution in [-0.4, -0.2) is 39.5 Å². The monoisotopic (exact) mass is 294 g/mol. The second-order valence-electron chi connectivity index (χ2n) is 5.08. The zero-order chi connectivity index (χ0) is 14.6. The van der Waals surface area contributed by atoms with Crippen LogP contribution < -0.4 is 0 Å². The average Bonchev–Trinajstić information content (AvgIpc) is 2.91. The second kappa shape index (κ2) is 6.35. The Hall–Kier alpha value is -1.42. The molecule has 1 aliphatic rings. The van der Waals surface area contributed by atoms with Crippen LogP contribution in [0.2, 0.25) is 0 Å². The van der Waals surface area contributed by atoms with Crippen LogP contribution in [0.15, 0.2) is 24.3 Å².